The maximum Gasteiger partial charge on any atom is 0.407 e. The third-order valence-corrected chi connectivity index (χ3v) is 7.12. The minimum Gasteiger partial charge on any atom is -0.495 e. The molecule has 0 saturated heterocycles. The number of amides is 1. The Bertz CT molecular complexity index is 1380. The van der Waals surface area contributed by atoms with E-state index < -0.39 is 35.7 Å². The van der Waals surface area contributed by atoms with Gasteiger partial charge in [0.05, 0.1) is 47.8 Å². The first-order valence-electron chi connectivity index (χ1n) is 12.3. The predicted molar refractivity (Wildman–Crippen MR) is 149 cm³/mol. The molecule has 12 heteroatoms. The van der Waals surface area contributed by atoms with Crippen LogP contribution in [-0.2, 0) is 9.53 Å². The Kier molecular flexibility index (Phi) is 8.27. The fourth-order valence-electron chi connectivity index (χ4n) is 4.58. The van der Waals surface area contributed by atoms with Gasteiger partial charge < -0.3 is 30.0 Å². The van der Waals surface area contributed by atoms with Gasteiger partial charge in [0.2, 0.25) is 5.95 Å². The zero-order valence-electron chi connectivity index (χ0n) is 22.2. The molecule has 39 heavy (non-hydrogen) atoms. The maximum absolute atomic E-state index is 12.4. The lowest BCUT2D eigenvalue weighted by Gasteiger charge is -2.25. The summed E-state index contributed by atoms with van der Waals surface area (Å²) < 4.78 is 16.1. The Morgan fingerprint density at radius 2 is 1.67 bits per heavy atom. The van der Waals surface area contributed by atoms with Gasteiger partial charge in [-0.2, -0.15) is 0 Å². The lowest BCUT2D eigenvalue weighted by atomic mass is 10.0. The molecule has 1 amide bonds. The van der Waals surface area contributed by atoms with Crippen LogP contribution in [0.4, 0.5) is 10.7 Å². The fraction of sp³-hybridized carbons (Fsp3) is 0.407. The molecule has 1 aliphatic rings. The number of ether oxygens (including phenoxy) is 3. The molecule has 0 aliphatic heterocycles. The van der Waals surface area contributed by atoms with Crippen LogP contribution in [0.5, 0.6) is 11.5 Å². The average molecular weight is 577 g/mol. The Morgan fingerprint density at radius 1 is 1.03 bits per heavy atom. The van der Waals surface area contributed by atoms with Crippen molar-refractivity contribution in [1.82, 2.24) is 15.3 Å². The van der Waals surface area contributed by atoms with E-state index in [1.165, 1.54) is 14.2 Å². The Morgan fingerprint density at radius 3 is 2.26 bits per heavy atom. The lowest BCUT2D eigenvalue weighted by Crippen LogP contribution is -2.45. The van der Waals surface area contributed by atoms with E-state index in [1.54, 1.807) is 39.1 Å². The van der Waals surface area contributed by atoms with E-state index >= 15 is 0 Å². The summed E-state index contributed by atoms with van der Waals surface area (Å²) in [4.78, 5) is 33.1. The van der Waals surface area contributed by atoms with E-state index in [0.29, 0.717) is 45.0 Å². The van der Waals surface area contributed by atoms with E-state index in [9.17, 15) is 14.7 Å². The highest BCUT2D eigenvalue weighted by molar-refractivity contribution is 6.41. The van der Waals surface area contributed by atoms with E-state index in [4.69, 9.17) is 37.4 Å². The quantitative estimate of drug-likeness (QED) is 0.319. The molecule has 0 spiro atoms. The first-order chi connectivity index (χ1) is 18.4. The summed E-state index contributed by atoms with van der Waals surface area (Å²) in [6.45, 7) is 5.29. The third-order valence-electron chi connectivity index (χ3n) is 6.37. The third kappa shape index (κ3) is 6.39. The Balaban J connectivity index is 1.60. The van der Waals surface area contributed by atoms with Gasteiger partial charge in [-0.25, -0.2) is 14.8 Å². The van der Waals surface area contributed by atoms with Gasteiger partial charge in [-0.05, 0) is 51.3 Å². The highest BCUT2D eigenvalue weighted by Crippen LogP contribution is 2.46. The number of anilines is 1. The highest BCUT2D eigenvalue weighted by Gasteiger charge is 2.40. The standard InChI is InChI=1S/C27H30Cl2N4O6/c1-27(2,3)39-26(36)33-18-10-14(24(34)35)9-17(18)32-25-30-12-15-8-13(6-7-16(15)31-25)21-22(28)19(37-4)11-20(38-5)23(21)29/h6-8,11-12,14,17-18H,9-10H2,1-5H3,(H,33,36)(H,34,35)(H,30,31,32)/t14?,17-,18+/m1/s1. The molecule has 4 rings (SSSR count). The minimum atomic E-state index is -0.922. The first kappa shape index (κ1) is 28.5. The van der Waals surface area contributed by atoms with Gasteiger partial charge in [0.1, 0.15) is 17.1 Å². The van der Waals surface area contributed by atoms with E-state index in [2.05, 4.69) is 20.6 Å². The number of hydrogen-bond acceptors (Lipinski definition) is 8. The van der Waals surface area contributed by atoms with Gasteiger partial charge in [-0.1, -0.05) is 29.3 Å². The maximum atomic E-state index is 12.4. The van der Waals surface area contributed by atoms with Crippen LogP contribution in [0.1, 0.15) is 33.6 Å². The number of aromatic nitrogens is 2. The zero-order chi connectivity index (χ0) is 28.5. The minimum absolute atomic E-state index is 0.259. The molecule has 1 saturated carbocycles. The lowest BCUT2D eigenvalue weighted by molar-refractivity contribution is -0.141. The molecule has 10 nitrogen and oxygen atoms in total. The molecule has 3 aromatic rings. The van der Waals surface area contributed by atoms with Gasteiger partial charge >= 0.3 is 12.1 Å². The van der Waals surface area contributed by atoms with Crippen LogP contribution in [0.3, 0.4) is 0 Å². The summed E-state index contributed by atoms with van der Waals surface area (Å²) in [7, 11) is 3.02. The van der Waals surface area contributed by atoms with Crippen LogP contribution < -0.4 is 20.1 Å². The molecule has 208 valence electrons. The predicted octanol–water partition coefficient (Wildman–Crippen LogP) is 5.79. The summed E-state index contributed by atoms with van der Waals surface area (Å²) in [5.41, 5.74) is 1.24. The summed E-state index contributed by atoms with van der Waals surface area (Å²) in [5, 5.41) is 17.0. The molecule has 1 unspecified atom stereocenters. The molecule has 3 N–H and O–H groups in total. The van der Waals surface area contributed by atoms with Crippen molar-refractivity contribution in [3.8, 4) is 22.6 Å². The van der Waals surface area contributed by atoms with Crippen molar-refractivity contribution in [3.05, 3.63) is 40.5 Å². The average Bonchev–Trinajstić information content (AvgIpc) is 3.25. The van der Waals surface area contributed by atoms with Crippen molar-refractivity contribution < 1.29 is 28.9 Å². The number of alkyl carbamates (subject to hydrolysis) is 1. The number of carbonyl (C=O) groups is 2. The van der Waals surface area contributed by atoms with E-state index in [0.717, 1.165) is 10.9 Å². The van der Waals surface area contributed by atoms with E-state index in [1.807, 2.05) is 12.1 Å². The second-order valence-corrected chi connectivity index (χ2v) is 11.0. The number of benzene rings is 2. The zero-order valence-corrected chi connectivity index (χ0v) is 23.7. The topological polar surface area (TPSA) is 132 Å². The number of aliphatic carboxylic acids is 1. The number of rotatable bonds is 7. The summed E-state index contributed by atoms with van der Waals surface area (Å²) >= 11 is 13.2. The highest BCUT2D eigenvalue weighted by atomic mass is 35.5. The van der Waals surface area contributed by atoms with Crippen LogP contribution >= 0.6 is 23.2 Å². The molecular weight excluding hydrogens is 547 g/mol. The summed E-state index contributed by atoms with van der Waals surface area (Å²) in [6.07, 6.45) is 1.59. The molecule has 1 aliphatic carbocycles. The largest absolute Gasteiger partial charge is 0.495 e. The molecule has 3 atom stereocenters. The van der Waals surface area contributed by atoms with Crippen molar-refractivity contribution in [1.29, 1.82) is 0 Å². The summed E-state index contributed by atoms with van der Waals surface area (Å²) in [5.74, 6) is -0.390. The van der Waals surface area contributed by atoms with Gasteiger partial charge in [-0.15, -0.1) is 0 Å². The molecule has 1 aromatic heterocycles. The number of hydrogen-bond donors (Lipinski definition) is 3. The number of methoxy groups -OCH3 is 2. The van der Waals surface area contributed by atoms with Gasteiger partial charge in [0.15, 0.2) is 0 Å². The normalized spacial score (nSPS) is 19.0. The SMILES string of the molecule is COc1cc(OC)c(Cl)c(-c2ccc3nc(N[C@@H]4CC(C(=O)O)C[C@@H]4NC(=O)OC(C)(C)C)ncc3c2)c1Cl. The van der Waals surface area contributed by atoms with Crippen molar-refractivity contribution in [2.45, 2.75) is 51.3 Å². The molecule has 2 aromatic carbocycles. The Labute approximate surface area is 236 Å². The monoisotopic (exact) mass is 576 g/mol. The van der Waals surface area contributed by atoms with Crippen LogP contribution in [0, 0.1) is 5.92 Å². The van der Waals surface area contributed by atoms with Crippen LogP contribution in [0.25, 0.3) is 22.0 Å². The van der Waals surface area contributed by atoms with Crippen LogP contribution in [0.15, 0.2) is 30.5 Å². The van der Waals surface area contributed by atoms with Crippen molar-refractivity contribution in [2.24, 2.45) is 5.92 Å². The van der Waals surface area contributed by atoms with Crippen molar-refractivity contribution >= 4 is 52.1 Å². The number of nitrogens with one attached hydrogen (secondary N) is 2. The second kappa shape index (κ2) is 11.3. The molecule has 1 fully saturated rings. The Hall–Kier alpha value is -3.50. The summed E-state index contributed by atoms with van der Waals surface area (Å²) in [6, 6.07) is 6.23. The second-order valence-electron chi connectivity index (χ2n) is 10.3. The number of fused-ring (bicyclic) bond motifs is 1. The van der Waals surface area contributed by atoms with Crippen LogP contribution in [-0.4, -0.2) is 59.0 Å². The van der Waals surface area contributed by atoms with Gasteiger partial charge in [-0.3, -0.25) is 4.79 Å². The molecule has 1 heterocycles. The number of carboxylic acid groups (broad SMARTS) is 1. The number of halogens is 2. The molecule has 0 bridgehead atoms. The van der Waals surface area contributed by atoms with Gasteiger partial charge in [0.25, 0.3) is 0 Å². The first-order valence-corrected chi connectivity index (χ1v) is 13.0. The van der Waals surface area contributed by atoms with Crippen molar-refractivity contribution in [2.75, 3.05) is 19.5 Å². The van der Waals surface area contributed by atoms with Crippen LogP contribution in [0.2, 0.25) is 10.0 Å². The number of nitrogens with zero attached hydrogens (tertiary/aromatic N) is 2. The van der Waals surface area contributed by atoms with E-state index in [-0.39, 0.29) is 6.42 Å². The smallest absolute Gasteiger partial charge is 0.407 e. The number of carboxylic acids is 1. The molecular formula is C27H30Cl2N4O6. The number of carbonyl (C=O) groups excluding carboxylic acids is 1. The van der Waals surface area contributed by atoms with Gasteiger partial charge in [0, 0.05) is 23.2 Å². The molecule has 0 radical (unpaired) electrons. The fourth-order valence-corrected chi connectivity index (χ4v) is 5.30. The van der Waals surface area contributed by atoms with Crippen molar-refractivity contribution in [3.63, 3.8) is 0 Å².